The Morgan fingerprint density at radius 2 is 1.86 bits per heavy atom. The van der Waals surface area contributed by atoms with Gasteiger partial charge >= 0.3 is 0 Å². The number of phenolic OH excluding ortho intramolecular Hbond substituents is 1. The molecule has 1 saturated carbocycles. The van der Waals surface area contributed by atoms with Crippen LogP contribution in [0.3, 0.4) is 0 Å². The number of aromatic hydroxyl groups is 1. The van der Waals surface area contributed by atoms with E-state index in [0.29, 0.717) is 76.8 Å². The van der Waals surface area contributed by atoms with Gasteiger partial charge in [-0.05, 0) is 80.3 Å². The van der Waals surface area contributed by atoms with Gasteiger partial charge in [-0.2, -0.15) is 0 Å². The van der Waals surface area contributed by atoms with Crippen molar-refractivity contribution in [3.05, 3.63) is 75.0 Å². The molecule has 1 spiro atoms. The number of morpholine rings is 1. The van der Waals surface area contributed by atoms with Gasteiger partial charge in [0.05, 0.1) is 44.0 Å². The van der Waals surface area contributed by atoms with Crippen molar-refractivity contribution in [2.75, 3.05) is 77.6 Å². The number of rotatable bonds is 17. The van der Waals surface area contributed by atoms with Gasteiger partial charge < -0.3 is 39.8 Å². The van der Waals surface area contributed by atoms with Gasteiger partial charge in [0.1, 0.15) is 11.4 Å². The van der Waals surface area contributed by atoms with Gasteiger partial charge in [-0.25, -0.2) is 0 Å². The molecule has 314 valence electrons. The van der Waals surface area contributed by atoms with Crippen LogP contribution in [-0.4, -0.2) is 121 Å². The highest BCUT2D eigenvalue weighted by Crippen LogP contribution is 2.39. The molecule has 0 unspecified atom stereocenters. The average molecular weight is 816 g/mol. The smallest absolute Gasteiger partial charge is 0.262 e. The highest BCUT2D eigenvalue weighted by Gasteiger charge is 2.41. The van der Waals surface area contributed by atoms with E-state index in [1.807, 2.05) is 22.4 Å². The number of hydrogen-bond donors (Lipinski definition) is 3. The molecular formula is C45H61N5O7S. The quantitative estimate of drug-likeness (QED) is 0.114. The second kappa shape index (κ2) is 20.3. The van der Waals surface area contributed by atoms with E-state index in [4.69, 9.17) is 14.2 Å². The minimum absolute atomic E-state index is 0.00295. The van der Waals surface area contributed by atoms with Crippen LogP contribution < -0.4 is 15.4 Å². The van der Waals surface area contributed by atoms with E-state index in [-0.39, 0.29) is 41.7 Å². The van der Waals surface area contributed by atoms with Gasteiger partial charge in [0.15, 0.2) is 12.4 Å². The molecule has 3 amide bonds. The zero-order valence-corrected chi connectivity index (χ0v) is 34.9. The molecule has 3 fully saturated rings. The van der Waals surface area contributed by atoms with Gasteiger partial charge in [-0.15, -0.1) is 11.3 Å². The van der Waals surface area contributed by atoms with Crippen molar-refractivity contribution in [1.82, 2.24) is 20.0 Å². The summed E-state index contributed by atoms with van der Waals surface area (Å²) >= 11 is 1.67. The molecule has 2 aromatic carbocycles. The maximum absolute atomic E-state index is 13.5. The molecule has 3 aromatic rings. The number of amides is 3. The molecular weight excluding hydrogens is 755 g/mol. The number of fused-ring (bicyclic) bond motifs is 1. The molecule has 58 heavy (non-hydrogen) atoms. The fourth-order valence-electron chi connectivity index (χ4n) is 8.90. The van der Waals surface area contributed by atoms with E-state index in [1.54, 1.807) is 17.4 Å². The number of phenols is 1. The van der Waals surface area contributed by atoms with Crippen LogP contribution in [-0.2, 0) is 44.9 Å². The van der Waals surface area contributed by atoms with E-state index in [2.05, 4.69) is 51.6 Å². The van der Waals surface area contributed by atoms with Crippen LogP contribution in [0.2, 0.25) is 0 Å². The summed E-state index contributed by atoms with van der Waals surface area (Å²) < 4.78 is 18.0. The van der Waals surface area contributed by atoms with Gasteiger partial charge in [-0.3, -0.25) is 19.3 Å². The van der Waals surface area contributed by atoms with Crippen molar-refractivity contribution >= 4 is 34.7 Å². The third-order valence-corrected chi connectivity index (χ3v) is 13.3. The maximum Gasteiger partial charge on any atom is 0.262 e. The predicted molar refractivity (Wildman–Crippen MR) is 226 cm³/mol. The number of hydrogen-bond acceptors (Lipinski definition) is 10. The second-order valence-electron chi connectivity index (χ2n) is 16.3. The van der Waals surface area contributed by atoms with Crippen molar-refractivity contribution in [3.8, 4) is 11.5 Å². The van der Waals surface area contributed by atoms with Crippen LogP contribution in [0.1, 0.15) is 90.2 Å². The van der Waals surface area contributed by atoms with Crippen molar-refractivity contribution in [1.29, 1.82) is 0 Å². The molecule has 4 heterocycles. The summed E-state index contributed by atoms with van der Waals surface area (Å²) in [5, 5.41) is 18.3. The number of ether oxygens (including phenoxy) is 3. The minimum atomic E-state index is -0.279. The SMILES string of the molecule is CCc1cc(C(=O)N2CCOC3(CCN(Cc4cccc(CCOCCC(=O)N(CCNCCc5ccc(O)c6c5OCC(=O)N6)C5CCCCC5)c4)CC3)C2)cs1. The van der Waals surface area contributed by atoms with E-state index >= 15 is 0 Å². The molecule has 1 aromatic heterocycles. The average Bonchev–Trinajstić information content (AvgIpc) is 3.74. The Morgan fingerprint density at radius 3 is 2.67 bits per heavy atom. The minimum Gasteiger partial charge on any atom is -0.506 e. The largest absolute Gasteiger partial charge is 0.506 e. The number of piperidine rings is 1. The highest BCUT2D eigenvalue weighted by molar-refractivity contribution is 7.10. The summed E-state index contributed by atoms with van der Waals surface area (Å²) in [4.78, 5) is 46.4. The third-order valence-electron chi connectivity index (χ3n) is 12.2. The first-order valence-electron chi connectivity index (χ1n) is 21.5. The summed E-state index contributed by atoms with van der Waals surface area (Å²) in [6.45, 7) is 9.72. The zero-order valence-electron chi connectivity index (χ0n) is 34.1. The van der Waals surface area contributed by atoms with Gasteiger partial charge in [0, 0.05) is 55.6 Å². The second-order valence-corrected chi connectivity index (χ2v) is 17.3. The van der Waals surface area contributed by atoms with Crippen LogP contribution in [0.25, 0.3) is 0 Å². The third kappa shape index (κ3) is 11.0. The summed E-state index contributed by atoms with van der Waals surface area (Å²) in [5.74, 6) is 0.531. The predicted octanol–water partition coefficient (Wildman–Crippen LogP) is 5.80. The van der Waals surface area contributed by atoms with Crippen molar-refractivity contribution < 1.29 is 33.7 Å². The highest BCUT2D eigenvalue weighted by atomic mass is 32.1. The van der Waals surface area contributed by atoms with Gasteiger partial charge in [-0.1, -0.05) is 56.5 Å². The number of carbonyl (C=O) groups is 3. The van der Waals surface area contributed by atoms with E-state index in [1.165, 1.54) is 22.4 Å². The summed E-state index contributed by atoms with van der Waals surface area (Å²) in [6, 6.07) is 14.5. The molecule has 0 bridgehead atoms. The lowest BCUT2D eigenvalue weighted by molar-refractivity contribution is -0.135. The van der Waals surface area contributed by atoms with Crippen molar-refractivity contribution in [2.24, 2.45) is 0 Å². The Balaban J connectivity index is 0.810. The zero-order chi connectivity index (χ0) is 40.3. The molecule has 4 aliphatic rings. The lowest BCUT2D eigenvalue weighted by atomic mass is 9.89. The number of likely N-dealkylation sites (tertiary alicyclic amines) is 1. The summed E-state index contributed by atoms with van der Waals surface area (Å²) in [5.41, 5.74) is 4.33. The number of carbonyl (C=O) groups excluding carboxylic acids is 3. The van der Waals surface area contributed by atoms with Crippen LogP contribution >= 0.6 is 11.3 Å². The van der Waals surface area contributed by atoms with E-state index in [9.17, 15) is 19.5 Å². The summed E-state index contributed by atoms with van der Waals surface area (Å²) in [6.07, 6.45) is 10.3. The fraction of sp³-hybridized carbons (Fsp3) is 0.578. The Morgan fingerprint density at radius 1 is 1.03 bits per heavy atom. The normalized spacial score (nSPS) is 18.4. The fourth-order valence-corrected chi connectivity index (χ4v) is 9.71. The number of benzene rings is 2. The number of aryl methyl sites for hydroxylation is 1. The van der Waals surface area contributed by atoms with E-state index < -0.39 is 0 Å². The Kier molecular flexibility index (Phi) is 14.7. The number of nitrogens with one attached hydrogen (secondary N) is 2. The van der Waals surface area contributed by atoms with Crippen LogP contribution in [0.5, 0.6) is 11.5 Å². The molecule has 1 aliphatic carbocycles. The molecule has 3 aliphatic heterocycles. The van der Waals surface area contributed by atoms with Crippen LogP contribution in [0, 0.1) is 0 Å². The maximum atomic E-state index is 13.5. The first kappa shape index (κ1) is 42.1. The number of nitrogens with zero attached hydrogens (tertiary/aromatic N) is 3. The number of thiophene rings is 1. The Bertz CT molecular complexity index is 1850. The van der Waals surface area contributed by atoms with Gasteiger partial charge in [0.2, 0.25) is 5.91 Å². The van der Waals surface area contributed by atoms with Gasteiger partial charge in [0.25, 0.3) is 11.8 Å². The lowest BCUT2D eigenvalue weighted by Crippen LogP contribution is -2.57. The number of anilines is 1. The molecule has 13 heteroatoms. The summed E-state index contributed by atoms with van der Waals surface area (Å²) in [7, 11) is 0. The van der Waals surface area contributed by atoms with E-state index in [0.717, 1.165) is 82.1 Å². The van der Waals surface area contributed by atoms with Crippen LogP contribution in [0.4, 0.5) is 5.69 Å². The Labute approximate surface area is 347 Å². The first-order chi connectivity index (χ1) is 28.3. The molecule has 3 N–H and O–H groups in total. The van der Waals surface area contributed by atoms with Crippen LogP contribution in [0.15, 0.2) is 47.8 Å². The first-order valence-corrected chi connectivity index (χ1v) is 22.3. The molecule has 12 nitrogen and oxygen atoms in total. The standard InChI is InChI=1S/C45H61N5O7S/c1-2-38-28-36(31-58-38)44(54)49-23-26-57-45(32-49)16-20-48(21-17-45)29-34-8-6-7-33(27-34)14-24-55-25-15-41(53)50(37-9-4-3-5-10-37)22-19-46-18-13-35-11-12-39(51)42-43(35)56-30-40(52)47-42/h6-8,11-12,27-28,31,37,46,51H,2-5,9-10,13-26,29-30,32H2,1H3,(H,47,52). The monoisotopic (exact) mass is 815 g/mol. The molecule has 7 rings (SSSR count). The molecule has 0 atom stereocenters. The molecule has 0 radical (unpaired) electrons. The Hall–Kier alpha value is -4.01. The topological polar surface area (TPSA) is 133 Å². The van der Waals surface area contributed by atoms with Crippen molar-refractivity contribution in [3.63, 3.8) is 0 Å². The lowest BCUT2D eigenvalue weighted by Gasteiger charge is -2.47. The van der Waals surface area contributed by atoms with Crippen molar-refractivity contribution in [2.45, 2.75) is 95.7 Å². The molecule has 2 saturated heterocycles.